The zero-order chi connectivity index (χ0) is 12.6. The Morgan fingerprint density at radius 3 is 2.06 bits per heavy atom. The molecule has 17 heavy (non-hydrogen) atoms. The summed E-state index contributed by atoms with van der Waals surface area (Å²) < 4.78 is 0. The van der Waals surface area contributed by atoms with Gasteiger partial charge in [0.25, 0.3) is 0 Å². The van der Waals surface area contributed by atoms with Gasteiger partial charge in [-0.1, -0.05) is 30.3 Å². The van der Waals surface area contributed by atoms with E-state index in [1.54, 1.807) is 0 Å². The van der Waals surface area contributed by atoms with Gasteiger partial charge in [-0.25, -0.2) is 0 Å². The number of rotatable bonds is 1. The Hall–Kier alpha value is -1.96. The van der Waals surface area contributed by atoms with Crippen molar-refractivity contribution in [3.05, 3.63) is 47.0 Å². The summed E-state index contributed by atoms with van der Waals surface area (Å²) in [6, 6.07) is 9.42. The lowest BCUT2D eigenvalue weighted by atomic mass is 9.95. The molecule has 0 atom stereocenters. The standard InChI is InChI=1S/C15H16O2/c1-9-5-4-6-13(15(9)17)12-8-7-10(2)14(16)11(12)3/h4-8,16-17H,1-3H3. The molecule has 2 N–H and O–H groups in total. The summed E-state index contributed by atoms with van der Waals surface area (Å²) in [5.41, 5.74) is 4.11. The third kappa shape index (κ3) is 1.86. The maximum atomic E-state index is 10.1. The lowest BCUT2D eigenvalue weighted by Gasteiger charge is -2.12. The molecule has 0 aliphatic carbocycles. The minimum atomic E-state index is 0.277. The molecule has 0 amide bonds. The second kappa shape index (κ2) is 4.13. The van der Waals surface area contributed by atoms with Crippen molar-refractivity contribution < 1.29 is 10.2 Å². The number of phenolic OH excluding ortho intramolecular Hbond substituents is 2. The highest BCUT2D eigenvalue weighted by molar-refractivity contribution is 5.76. The van der Waals surface area contributed by atoms with Gasteiger partial charge in [0, 0.05) is 5.56 Å². The summed E-state index contributed by atoms with van der Waals surface area (Å²) in [4.78, 5) is 0. The van der Waals surface area contributed by atoms with E-state index in [4.69, 9.17) is 0 Å². The third-order valence-corrected chi connectivity index (χ3v) is 3.16. The van der Waals surface area contributed by atoms with Crippen molar-refractivity contribution in [3.63, 3.8) is 0 Å². The van der Waals surface area contributed by atoms with Crippen LogP contribution in [0.2, 0.25) is 0 Å². The Kier molecular flexibility index (Phi) is 2.80. The Labute approximate surface area is 101 Å². The van der Waals surface area contributed by atoms with E-state index >= 15 is 0 Å². The second-order valence-corrected chi connectivity index (χ2v) is 4.37. The lowest BCUT2D eigenvalue weighted by Crippen LogP contribution is -1.88. The molecule has 0 heterocycles. The molecule has 0 radical (unpaired) electrons. The van der Waals surface area contributed by atoms with Crippen molar-refractivity contribution in [1.82, 2.24) is 0 Å². The first-order valence-corrected chi connectivity index (χ1v) is 5.60. The third-order valence-electron chi connectivity index (χ3n) is 3.16. The molecule has 0 saturated heterocycles. The van der Waals surface area contributed by atoms with E-state index in [1.165, 1.54) is 0 Å². The molecule has 0 unspecified atom stereocenters. The average Bonchev–Trinajstić information content (AvgIpc) is 2.31. The van der Waals surface area contributed by atoms with Crippen LogP contribution in [0.4, 0.5) is 0 Å². The van der Waals surface area contributed by atoms with Crippen LogP contribution in [0.15, 0.2) is 30.3 Å². The summed E-state index contributed by atoms with van der Waals surface area (Å²) in [6.07, 6.45) is 0. The molecule has 0 aliphatic heterocycles. The van der Waals surface area contributed by atoms with Crippen LogP contribution >= 0.6 is 0 Å². The smallest absolute Gasteiger partial charge is 0.126 e. The molecular weight excluding hydrogens is 212 g/mol. The van der Waals surface area contributed by atoms with Gasteiger partial charge in [-0.05, 0) is 43.0 Å². The number of hydrogen-bond acceptors (Lipinski definition) is 2. The van der Waals surface area contributed by atoms with Crippen molar-refractivity contribution in [2.45, 2.75) is 20.8 Å². The minimum absolute atomic E-state index is 0.277. The summed E-state index contributed by atoms with van der Waals surface area (Å²) in [6.45, 7) is 5.59. The number of para-hydroxylation sites is 1. The van der Waals surface area contributed by atoms with Gasteiger partial charge in [-0.15, -0.1) is 0 Å². The molecule has 2 aromatic carbocycles. The lowest BCUT2D eigenvalue weighted by molar-refractivity contribution is 0.466. The van der Waals surface area contributed by atoms with Crippen molar-refractivity contribution in [3.8, 4) is 22.6 Å². The maximum absolute atomic E-state index is 10.1. The van der Waals surface area contributed by atoms with Crippen LogP contribution in [0.5, 0.6) is 11.5 Å². The molecule has 0 saturated carbocycles. The predicted octanol–water partition coefficient (Wildman–Crippen LogP) is 3.69. The Bertz CT molecular complexity index is 571. The molecule has 2 heteroatoms. The van der Waals surface area contributed by atoms with Gasteiger partial charge < -0.3 is 10.2 Å². The van der Waals surface area contributed by atoms with Crippen LogP contribution in [0.25, 0.3) is 11.1 Å². The summed E-state index contributed by atoms with van der Waals surface area (Å²) in [5, 5.41) is 20.0. The summed E-state index contributed by atoms with van der Waals surface area (Å²) in [7, 11) is 0. The van der Waals surface area contributed by atoms with Gasteiger partial charge in [0.15, 0.2) is 0 Å². The molecule has 2 rings (SSSR count). The van der Waals surface area contributed by atoms with E-state index in [-0.39, 0.29) is 5.75 Å². The summed E-state index contributed by atoms with van der Waals surface area (Å²) >= 11 is 0. The van der Waals surface area contributed by atoms with Crippen molar-refractivity contribution >= 4 is 0 Å². The van der Waals surface area contributed by atoms with Crippen molar-refractivity contribution in [1.29, 1.82) is 0 Å². The van der Waals surface area contributed by atoms with Crippen molar-refractivity contribution in [2.24, 2.45) is 0 Å². The summed E-state index contributed by atoms with van der Waals surface area (Å²) in [5.74, 6) is 0.572. The Morgan fingerprint density at radius 1 is 0.706 bits per heavy atom. The fraction of sp³-hybridized carbons (Fsp3) is 0.200. The second-order valence-electron chi connectivity index (χ2n) is 4.37. The van der Waals surface area contributed by atoms with Gasteiger partial charge in [0.2, 0.25) is 0 Å². The maximum Gasteiger partial charge on any atom is 0.126 e. The zero-order valence-electron chi connectivity index (χ0n) is 10.3. The largest absolute Gasteiger partial charge is 0.507 e. The first kappa shape index (κ1) is 11.5. The highest BCUT2D eigenvalue weighted by Crippen LogP contribution is 2.37. The van der Waals surface area contributed by atoms with Gasteiger partial charge >= 0.3 is 0 Å². The van der Waals surface area contributed by atoms with E-state index in [1.807, 2.05) is 51.1 Å². The molecular formula is C15H16O2. The number of benzene rings is 2. The molecule has 88 valence electrons. The zero-order valence-corrected chi connectivity index (χ0v) is 10.3. The van der Waals surface area contributed by atoms with E-state index < -0.39 is 0 Å². The van der Waals surface area contributed by atoms with Crippen LogP contribution in [0, 0.1) is 20.8 Å². The molecule has 0 spiro atoms. The van der Waals surface area contributed by atoms with Gasteiger partial charge in [0.1, 0.15) is 11.5 Å². The number of aryl methyl sites for hydroxylation is 2. The van der Waals surface area contributed by atoms with E-state index in [0.717, 1.165) is 27.8 Å². The van der Waals surface area contributed by atoms with E-state index in [0.29, 0.717) is 5.75 Å². The van der Waals surface area contributed by atoms with Gasteiger partial charge in [-0.3, -0.25) is 0 Å². The number of phenols is 2. The topological polar surface area (TPSA) is 40.5 Å². The Morgan fingerprint density at radius 2 is 1.35 bits per heavy atom. The monoisotopic (exact) mass is 228 g/mol. The first-order valence-electron chi connectivity index (χ1n) is 5.60. The SMILES string of the molecule is Cc1cccc(-c2ccc(C)c(O)c2C)c1O. The fourth-order valence-electron chi connectivity index (χ4n) is 2.00. The van der Waals surface area contributed by atoms with E-state index in [2.05, 4.69) is 0 Å². The van der Waals surface area contributed by atoms with Crippen LogP contribution in [0.3, 0.4) is 0 Å². The first-order chi connectivity index (χ1) is 8.02. The molecule has 0 fully saturated rings. The number of hydrogen-bond donors (Lipinski definition) is 2. The Balaban J connectivity index is 2.69. The average molecular weight is 228 g/mol. The van der Waals surface area contributed by atoms with Crippen LogP contribution in [-0.2, 0) is 0 Å². The highest BCUT2D eigenvalue weighted by atomic mass is 16.3. The van der Waals surface area contributed by atoms with Crippen molar-refractivity contribution in [2.75, 3.05) is 0 Å². The van der Waals surface area contributed by atoms with Gasteiger partial charge in [-0.2, -0.15) is 0 Å². The fourth-order valence-corrected chi connectivity index (χ4v) is 2.00. The predicted molar refractivity (Wildman–Crippen MR) is 69.4 cm³/mol. The molecule has 2 nitrogen and oxygen atoms in total. The van der Waals surface area contributed by atoms with Crippen LogP contribution in [-0.4, -0.2) is 10.2 Å². The molecule has 0 bridgehead atoms. The molecule has 0 aliphatic rings. The number of aromatic hydroxyl groups is 2. The highest BCUT2D eigenvalue weighted by Gasteiger charge is 2.12. The normalized spacial score (nSPS) is 10.5. The molecule has 2 aromatic rings. The quantitative estimate of drug-likeness (QED) is 0.781. The van der Waals surface area contributed by atoms with Crippen LogP contribution < -0.4 is 0 Å². The van der Waals surface area contributed by atoms with Gasteiger partial charge in [0.05, 0.1) is 0 Å². The van der Waals surface area contributed by atoms with Crippen LogP contribution in [0.1, 0.15) is 16.7 Å². The van der Waals surface area contributed by atoms with E-state index in [9.17, 15) is 10.2 Å². The molecule has 0 aromatic heterocycles. The minimum Gasteiger partial charge on any atom is -0.507 e.